The number of esters is 1. The monoisotopic (exact) mass is 473 g/mol. The fourth-order valence-corrected chi connectivity index (χ4v) is 3.40. The van der Waals surface area contributed by atoms with Crippen molar-refractivity contribution >= 4 is 29.5 Å². The fraction of sp³-hybridized carbons (Fsp3) is 0.560. The molecule has 2 rings (SSSR count). The summed E-state index contributed by atoms with van der Waals surface area (Å²) in [5, 5.41) is 8.09. The lowest BCUT2D eigenvalue weighted by Crippen LogP contribution is -2.56. The Balaban J connectivity index is 2.00. The second kappa shape index (κ2) is 13.5. The number of unbranched alkanes of at least 4 members (excludes halogenated alkanes) is 1. The van der Waals surface area contributed by atoms with Gasteiger partial charge in [-0.3, -0.25) is 24.0 Å². The third-order valence-corrected chi connectivity index (χ3v) is 5.58. The van der Waals surface area contributed by atoms with Crippen LogP contribution in [0.4, 0.5) is 0 Å². The summed E-state index contributed by atoms with van der Waals surface area (Å²) in [6.07, 6.45) is 3.21. The number of benzene rings is 1. The molecule has 1 aliphatic carbocycles. The third kappa shape index (κ3) is 9.33. The molecule has 1 unspecified atom stereocenters. The first-order valence-electron chi connectivity index (χ1n) is 11.8. The van der Waals surface area contributed by atoms with Gasteiger partial charge in [0.25, 0.3) is 5.91 Å². The Labute approximate surface area is 200 Å². The van der Waals surface area contributed by atoms with Gasteiger partial charge >= 0.3 is 5.97 Å². The van der Waals surface area contributed by atoms with Crippen LogP contribution in [0.5, 0.6) is 0 Å². The summed E-state index contributed by atoms with van der Waals surface area (Å²) >= 11 is 0. The Kier molecular flexibility index (Phi) is 10.7. The molecule has 0 bridgehead atoms. The molecule has 0 spiro atoms. The number of nitrogens with one attached hydrogen (secondary N) is 3. The highest BCUT2D eigenvalue weighted by molar-refractivity contribution is 6.38. The van der Waals surface area contributed by atoms with Crippen LogP contribution in [0.25, 0.3) is 0 Å². The Morgan fingerprint density at radius 1 is 0.971 bits per heavy atom. The summed E-state index contributed by atoms with van der Waals surface area (Å²) in [7, 11) is 1.31. The first-order chi connectivity index (χ1) is 16.2. The largest absolute Gasteiger partial charge is 0.469 e. The number of hydrogen-bond donors (Lipinski definition) is 3. The van der Waals surface area contributed by atoms with Gasteiger partial charge in [0.05, 0.1) is 7.11 Å². The summed E-state index contributed by atoms with van der Waals surface area (Å²) in [6.45, 7) is 3.57. The zero-order valence-electron chi connectivity index (χ0n) is 20.1. The van der Waals surface area contributed by atoms with E-state index >= 15 is 0 Å². The topological polar surface area (TPSA) is 131 Å². The summed E-state index contributed by atoms with van der Waals surface area (Å²) < 4.78 is 4.58. The zero-order chi connectivity index (χ0) is 25.1. The molecule has 1 aromatic rings. The van der Waals surface area contributed by atoms with Gasteiger partial charge in [-0.2, -0.15) is 0 Å². The molecule has 9 nitrogen and oxygen atoms in total. The Morgan fingerprint density at radius 2 is 1.62 bits per heavy atom. The molecule has 1 aromatic carbocycles. The number of rotatable bonds is 14. The van der Waals surface area contributed by atoms with Gasteiger partial charge in [0.2, 0.25) is 17.6 Å². The first kappa shape index (κ1) is 27.0. The van der Waals surface area contributed by atoms with Crippen LogP contribution >= 0.6 is 0 Å². The molecule has 2 atom stereocenters. The molecule has 1 aliphatic rings. The molecular formula is C25H35N3O6. The highest BCUT2D eigenvalue weighted by Gasteiger charge is 2.34. The van der Waals surface area contributed by atoms with Crippen molar-refractivity contribution in [3.63, 3.8) is 0 Å². The van der Waals surface area contributed by atoms with Crippen molar-refractivity contribution in [3.8, 4) is 0 Å². The van der Waals surface area contributed by atoms with Crippen LogP contribution in [0.15, 0.2) is 30.3 Å². The van der Waals surface area contributed by atoms with E-state index in [2.05, 4.69) is 20.7 Å². The van der Waals surface area contributed by atoms with E-state index < -0.39 is 29.7 Å². The van der Waals surface area contributed by atoms with Gasteiger partial charge in [0.1, 0.15) is 12.1 Å². The predicted octanol–water partition coefficient (Wildman–Crippen LogP) is 1.44. The van der Waals surface area contributed by atoms with E-state index in [9.17, 15) is 24.0 Å². The van der Waals surface area contributed by atoms with Crippen molar-refractivity contribution in [2.24, 2.45) is 5.92 Å². The van der Waals surface area contributed by atoms with Crippen LogP contribution < -0.4 is 16.0 Å². The maximum Gasteiger partial charge on any atom is 0.305 e. The van der Waals surface area contributed by atoms with E-state index in [4.69, 9.17) is 0 Å². The first-order valence-corrected chi connectivity index (χ1v) is 11.8. The molecule has 3 N–H and O–H groups in total. The van der Waals surface area contributed by atoms with Crippen molar-refractivity contribution < 1.29 is 28.7 Å². The van der Waals surface area contributed by atoms with E-state index in [0.717, 1.165) is 18.4 Å². The van der Waals surface area contributed by atoms with E-state index in [0.29, 0.717) is 12.8 Å². The van der Waals surface area contributed by atoms with Crippen molar-refractivity contribution in [1.29, 1.82) is 0 Å². The number of hydrogen-bond acceptors (Lipinski definition) is 6. The van der Waals surface area contributed by atoms with Crippen LogP contribution in [-0.4, -0.2) is 54.7 Å². The summed E-state index contributed by atoms with van der Waals surface area (Å²) in [5.74, 6) is -2.84. The SMILES string of the molecule is COC(=O)CCCCC(=O)N[C@H](C(=O)NC(Cc1ccccc1)C(=O)C(=O)NC1CC1)C(C)C. The van der Waals surface area contributed by atoms with Gasteiger partial charge in [-0.05, 0) is 37.2 Å². The molecule has 0 aromatic heterocycles. The minimum atomic E-state index is -1.05. The standard InChI is InChI=1S/C25H35N3O6/c1-16(2)22(28-20(29)11-7-8-12-21(30)34-3)24(32)27-19(15-17-9-5-4-6-10-17)23(31)25(33)26-18-13-14-18/h4-6,9-10,16,18-19,22H,7-8,11-15H2,1-3H3,(H,26,33)(H,27,32)(H,28,29)/t19?,22-/m0/s1. The quantitative estimate of drug-likeness (QED) is 0.213. The molecule has 0 aliphatic heterocycles. The van der Waals surface area contributed by atoms with Crippen LogP contribution in [0.2, 0.25) is 0 Å². The van der Waals surface area contributed by atoms with Gasteiger partial charge in [-0.15, -0.1) is 0 Å². The minimum Gasteiger partial charge on any atom is -0.469 e. The molecule has 34 heavy (non-hydrogen) atoms. The summed E-state index contributed by atoms with van der Waals surface area (Å²) in [4.78, 5) is 61.9. The van der Waals surface area contributed by atoms with Gasteiger partial charge in [0, 0.05) is 25.3 Å². The highest BCUT2D eigenvalue weighted by Crippen LogP contribution is 2.18. The third-order valence-electron chi connectivity index (χ3n) is 5.58. The van der Waals surface area contributed by atoms with Crippen LogP contribution in [0.3, 0.4) is 0 Å². The molecule has 0 heterocycles. The van der Waals surface area contributed by atoms with Crippen molar-refractivity contribution in [3.05, 3.63) is 35.9 Å². The van der Waals surface area contributed by atoms with Crippen LogP contribution in [0, 0.1) is 5.92 Å². The van der Waals surface area contributed by atoms with E-state index in [1.165, 1.54) is 7.11 Å². The summed E-state index contributed by atoms with van der Waals surface area (Å²) in [5.41, 5.74) is 0.802. The molecule has 186 valence electrons. The lowest BCUT2D eigenvalue weighted by molar-refractivity contribution is -0.140. The number of methoxy groups -OCH3 is 1. The number of Topliss-reactive ketones (excluding diaryl/α,β-unsaturated/α-hetero) is 1. The van der Waals surface area contributed by atoms with Gasteiger partial charge < -0.3 is 20.7 Å². The maximum absolute atomic E-state index is 13.1. The van der Waals surface area contributed by atoms with Crippen LogP contribution in [0.1, 0.15) is 57.9 Å². The lowest BCUT2D eigenvalue weighted by Gasteiger charge is -2.25. The van der Waals surface area contributed by atoms with Crippen LogP contribution in [-0.2, 0) is 35.1 Å². The molecular weight excluding hydrogens is 438 g/mol. The molecule has 3 amide bonds. The average molecular weight is 474 g/mol. The second-order valence-electron chi connectivity index (χ2n) is 8.94. The van der Waals surface area contributed by atoms with E-state index in [1.807, 2.05) is 30.3 Å². The molecule has 1 fully saturated rings. The Morgan fingerprint density at radius 3 is 2.21 bits per heavy atom. The molecule has 1 saturated carbocycles. The number of ketones is 1. The average Bonchev–Trinajstić information content (AvgIpc) is 3.63. The van der Waals surface area contributed by atoms with Crippen molar-refractivity contribution in [2.45, 2.75) is 76.9 Å². The fourth-order valence-electron chi connectivity index (χ4n) is 3.40. The predicted molar refractivity (Wildman–Crippen MR) is 126 cm³/mol. The normalized spacial score (nSPS) is 14.6. The van der Waals surface area contributed by atoms with Crippen molar-refractivity contribution in [2.75, 3.05) is 7.11 Å². The van der Waals surface area contributed by atoms with Gasteiger partial charge in [-0.1, -0.05) is 44.2 Å². The highest BCUT2D eigenvalue weighted by atomic mass is 16.5. The zero-order valence-corrected chi connectivity index (χ0v) is 20.1. The van der Waals surface area contributed by atoms with Gasteiger partial charge in [-0.25, -0.2) is 0 Å². The van der Waals surface area contributed by atoms with E-state index in [-0.39, 0.29) is 43.1 Å². The Hall–Kier alpha value is -3.23. The molecule has 0 radical (unpaired) electrons. The lowest BCUT2D eigenvalue weighted by atomic mass is 9.99. The molecule has 9 heteroatoms. The van der Waals surface area contributed by atoms with Gasteiger partial charge in [0.15, 0.2) is 0 Å². The summed E-state index contributed by atoms with van der Waals surface area (Å²) in [6, 6.07) is 7.22. The Bertz CT molecular complexity index is 867. The maximum atomic E-state index is 13.1. The number of ether oxygens (including phenoxy) is 1. The smallest absolute Gasteiger partial charge is 0.305 e. The van der Waals surface area contributed by atoms with E-state index in [1.54, 1.807) is 13.8 Å². The number of carbonyl (C=O) groups excluding carboxylic acids is 5. The second-order valence-corrected chi connectivity index (χ2v) is 8.94. The minimum absolute atomic E-state index is 0.0198. The van der Waals surface area contributed by atoms with Crippen molar-refractivity contribution in [1.82, 2.24) is 16.0 Å². The number of carbonyl (C=O) groups is 5. The molecule has 0 saturated heterocycles. The number of amides is 3.